The van der Waals surface area contributed by atoms with Crippen LogP contribution < -0.4 is 10.2 Å². The van der Waals surface area contributed by atoms with Gasteiger partial charge in [0.15, 0.2) is 0 Å². The zero-order chi connectivity index (χ0) is 12.8. The predicted octanol–water partition coefficient (Wildman–Crippen LogP) is 3.43. The quantitative estimate of drug-likeness (QED) is 0.843. The molecule has 0 atom stereocenters. The number of para-hydroxylation sites is 1. The summed E-state index contributed by atoms with van der Waals surface area (Å²) in [7, 11) is 0. The molecular weight excluding hydrogens is 248 g/mol. The SMILES string of the molecule is CCN1c2c(Cl)cccc2NC(=O)C12CCCC2. The fourth-order valence-corrected chi connectivity index (χ4v) is 3.66. The third-order valence-electron chi connectivity index (χ3n) is 4.19. The van der Waals surface area contributed by atoms with Crippen LogP contribution >= 0.6 is 11.6 Å². The molecular formula is C14H17ClN2O. The lowest BCUT2D eigenvalue weighted by Crippen LogP contribution is -2.58. The number of anilines is 2. The Labute approximate surface area is 112 Å². The molecule has 4 heteroatoms. The summed E-state index contributed by atoms with van der Waals surface area (Å²) in [4.78, 5) is 14.7. The standard InChI is InChI=1S/C14H17ClN2O/c1-2-17-12-10(15)6-5-7-11(12)16-13(18)14(17)8-3-4-9-14/h5-7H,2-4,8-9H2,1H3,(H,16,18). The summed E-state index contributed by atoms with van der Waals surface area (Å²) in [6.45, 7) is 2.90. The molecule has 2 aliphatic rings. The van der Waals surface area contributed by atoms with Crippen molar-refractivity contribution in [3.8, 4) is 0 Å². The number of halogens is 1. The molecule has 1 saturated carbocycles. The van der Waals surface area contributed by atoms with E-state index in [1.54, 1.807) is 0 Å². The zero-order valence-corrected chi connectivity index (χ0v) is 11.3. The van der Waals surface area contributed by atoms with Gasteiger partial charge in [-0.2, -0.15) is 0 Å². The molecule has 1 amide bonds. The minimum atomic E-state index is -0.368. The molecule has 0 aromatic heterocycles. The van der Waals surface area contributed by atoms with Gasteiger partial charge in [-0.05, 0) is 31.9 Å². The minimum Gasteiger partial charge on any atom is -0.354 e. The number of hydrogen-bond acceptors (Lipinski definition) is 2. The van der Waals surface area contributed by atoms with Gasteiger partial charge in [0.2, 0.25) is 5.91 Å². The molecule has 1 fully saturated rings. The summed E-state index contributed by atoms with van der Waals surface area (Å²) in [5, 5.41) is 3.76. The molecule has 1 heterocycles. The van der Waals surface area contributed by atoms with Crippen molar-refractivity contribution in [1.29, 1.82) is 0 Å². The van der Waals surface area contributed by atoms with Crippen molar-refractivity contribution < 1.29 is 4.79 Å². The second kappa shape index (κ2) is 4.16. The Bertz CT molecular complexity index is 495. The first kappa shape index (κ1) is 11.8. The molecule has 1 N–H and O–H groups in total. The van der Waals surface area contributed by atoms with Crippen LogP contribution in [0.25, 0.3) is 0 Å². The first-order valence-electron chi connectivity index (χ1n) is 6.56. The molecule has 0 unspecified atom stereocenters. The molecule has 96 valence electrons. The molecule has 3 nitrogen and oxygen atoms in total. The molecule has 1 aliphatic carbocycles. The van der Waals surface area contributed by atoms with Gasteiger partial charge in [-0.3, -0.25) is 4.79 Å². The van der Waals surface area contributed by atoms with Gasteiger partial charge in [0.05, 0.1) is 16.4 Å². The Kier molecular flexibility index (Phi) is 2.74. The van der Waals surface area contributed by atoms with Crippen LogP contribution in [-0.4, -0.2) is 18.0 Å². The number of rotatable bonds is 1. The van der Waals surface area contributed by atoms with Gasteiger partial charge in [-0.15, -0.1) is 0 Å². The number of hydrogen-bond donors (Lipinski definition) is 1. The first-order chi connectivity index (χ1) is 8.69. The first-order valence-corrected chi connectivity index (χ1v) is 6.94. The largest absolute Gasteiger partial charge is 0.354 e. The van der Waals surface area contributed by atoms with Crippen molar-refractivity contribution in [2.24, 2.45) is 0 Å². The second-order valence-corrected chi connectivity index (χ2v) is 5.48. The van der Waals surface area contributed by atoms with E-state index in [9.17, 15) is 4.79 Å². The number of amides is 1. The maximum Gasteiger partial charge on any atom is 0.250 e. The van der Waals surface area contributed by atoms with Crippen molar-refractivity contribution in [3.63, 3.8) is 0 Å². The van der Waals surface area contributed by atoms with Gasteiger partial charge in [-0.1, -0.05) is 30.5 Å². The lowest BCUT2D eigenvalue weighted by molar-refractivity contribution is -0.121. The van der Waals surface area contributed by atoms with Crippen LogP contribution in [0.4, 0.5) is 11.4 Å². The summed E-state index contributed by atoms with van der Waals surface area (Å²) in [5.41, 5.74) is 1.46. The van der Waals surface area contributed by atoms with Crippen LogP contribution in [0.1, 0.15) is 32.6 Å². The van der Waals surface area contributed by atoms with Crippen molar-refractivity contribution in [2.45, 2.75) is 38.1 Å². The fourth-order valence-electron chi connectivity index (χ4n) is 3.38. The molecule has 1 spiro atoms. The van der Waals surface area contributed by atoms with Crippen LogP contribution in [0.15, 0.2) is 18.2 Å². The Hall–Kier alpha value is -1.22. The number of fused-ring (bicyclic) bond motifs is 1. The molecule has 0 bridgehead atoms. The fraction of sp³-hybridized carbons (Fsp3) is 0.500. The summed E-state index contributed by atoms with van der Waals surface area (Å²) in [6, 6.07) is 5.69. The Morgan fingerprint density at radius 3 is 2.78 bits per heavy atom. The van der Waals surface area contributed by atoms with E-state index in [-0.39, 0.29) is 11.4 Å². The van der Waals surface area contributed by atoms with Crippen LogP contribution in [-0.2, 0) is 4.79 Å². The highest BCUT2D eigenvalue weighted by atomic mass is 35.5. The highest BCUT2D eigenvalue weighted by Gasteiger charge is 2.49. The molecule has 1 aliphatic heterocycles. The number of nitrogens with one attached hydrogen (secondary N) is 1. The molecule has 0 radical (unpaired) electrons. The van der Waals surface area contributed by atoms with Crippen LogP contribution in [0, 0.1) is 0 Å². The van der Waals surface area contributed by atoms with E-state index in [0.717, 1.165) is 48.6 Å². The van der Waals surface area contributed by atoms with Gasteiger partial charge < -0.3 is 10.2 Å². The maximum atomic E-state index is 12.5. The van der Waals surface area contributed by atoms with E-state index >= 15 is 0 Å². The molecule has 18 heavy (non-hydrogen) atoms. The minimum absolute atomic E-state index is 0.136. The average Bonchev–Trinajstić information content (AvgIpc) is 2.83. The number of nitrogens with zero attached hydrogens (tertiary/aromatic N) is 1. The monoisotopic (exact) mass is 264 g/mol. The van der Waals surface area contributed by atoms with Gasteiger partial charge in [0, 0.05) is 6.54 Å². The van der Waals surface area contributed by atoms with E-state index in [0.29, 0.717) is 0 Å². The van der Waals surface area contributed by atoms with Gasteiger partial charge in [0.25, 0.3) is 0 Å². The van der Waals surface area contributed by atoms with E-state index in [2.05, 4.69) is 17.1 Å². The Morgan fingerprint density at radius 1 is 1.39 bits per heavy atom. The Morgan fingerprint density at radius 2 is 2.11 bits per heavy atom. The lowest BCUT2D eigenvalue weighted by atomic mass is 9.90. The smallest absolute Gasteiger partial charge is 0.250 e. The number of benzene rings is 1. The number of carbonyl (C=O) groups excluding carboxylic acids is 1. The van der Waals surface area contributed by atoms with E-state index in [1.807, 2.05) is 18.2 Å². The molecule has 3 rings (SSSR count). The van der Waals surface area contributed by atoms with Gasteiger partial charge in [-0.25, -0.2) is 0 Å². The molecule has 1 aromatic rings. The normalized spacial score (nSPS) is 21.0. The maximum absolute atomic E-state index is 12.5. The van der Waals surface area contributed by atoms with Crippen molar-refractivity contribution >= 4 is 28.9 Å². The average molecular weight is 265 g/mol. The van der Waals surface area contributed by atoms with E-state index in [4.69, 9.17) is 11.6 Å². The molecule has 1 aromatic carbocycles. The van der Waals surface area contributed by atoms with Crippen LogP contribution in [0.3, 0.4) is 0 Å². The number of likely N-dealkylation sites (N-methyl/N-ethyl adjacent to an activating group) is 1. The van der Waals surface area contributed by atoms with Crippen molar-refractivity contribution in [2.75, 3.05) is 16.8 Å². The topological polar surface area (TPSA) is 32.3 Å². The lowest BCUT2D eigenvalue weighted by Gasteiger charge is -2.45. The predicted molar refractivity (Wildman–Crippen MR) is 74.3 cm³/mol. The number of carbonyl (C=O) groups is 1. The van der Waals surface area contributed by atoms with Crippen molar-refractivity contribution in [1.82, 2.24) is 0 Å². The van der Waals surface area contributed by atoms with Gasteiger partial charge in [0.1, 0.15) is 5.54 Å². The molecule has 0 saturated heterocycles. The summed E-state index contributed by atoms with van der Waals surface area (Å²) in [6.07, 6.45) is 4.09. The van der Waals surface area contributed by atoms with Gasteiger partial charge >= 0.3 is 0 Å². The van der Waals surface area contributed by atoms with E-state index in [1.165, 1.54) is 0 Å². The van der Waals surface area contributed by atoms with Crippen LogP contribution in [0.5, 0.6) is 0 Å². The van der Waals surface area contributed by atoms with E-state index < -0.39 is 0 Å². The third-order valence-corrected chi connectivity index (χ3v) is 4.50. The summed E-state index contributed by atoms with van der Waals surface area (Å²) in [5.74, 6) is 0.136. The highest BCUT2D eigenvalue weighted by Crippen LogP contribution is 2.47. The summed E-state index contributed by atoms with van der Waals surface area (Å²) >= 11 is 6.33. The third kappa shape index (κ3) is 1.46. The van der Waals surface area contributed by atoms with Crippen LogP contribution in [0.2, 0.25) is 5.02 Å². The highest BCUT2D eigenvalue weighted by molar-refractivity contribution is 6.34. The summed E-state index contributed by atoms with van der Waals surface area (Å²) < 4.78 is 0. The second-order valence-electron chi connectivity index (χ2n) is 5.07. The Balaban J connectivity index is 2.17. The van der Waals surface area contributed by atoms with Crippen molar-refractivity contribution in [3.05, 3.63) is 23.2 Å². The zero-order valence-electron chi connectivity index (χ0n) is 10.5.